The van der Waals surface area contributed by atoms with Gasteiger partial charge >= 0.3 is 0 Å². The molecule has 0 aliphatic carbocycles. The summed E-state index contributed by atoms with van der Waals surface area (Å²) >= 11 is 0. The molecule has 6 nitrogen and oxygen atoms in total. The van der Waals surface area contributed by atoms with Crippen LogP contribution in [-0.4, -0.2) is 43.4 Å². The van der Waals surface area contributed by atoms with Crippen molar-refractivity contribution in [2.24, 2.45) is 0 Å². The van der Waals surface area contributed by atoms with E-state index in [2.05, 4.69) is 15.6 Å². The fourth-order valence-corrected chi connectivity index (χ4v) is 4.56. The number of pyridine rings is 1. The van der Waals surface area contributed by atoms with Gasteiger partial charge in [-0.15, -0.1) is 0 Å². The van der Waals surface area contributed by atoms with Crippen LogP contribution in [-0.2, 0) is 16.3 Å². The Balaban J connectivity index is 1.55. The number of sulfone groups is 1. The predicted octanol–water partition coefficient (Wildman–Crippen LogP) is 1.79. The molecule has 0 saturated carbocycles. The lowest BCUT2D eigenvalue weighted by Gasteiger charge is -2.12. The third kappa shape index (κ3) is 4.78. The fraction of sp³-hybridized carbons (Fsp3) is 0.333. The Morgan fingerprint density at radius 2 is 2.08 bits per heavy atom. The topological polar surface area (TPSA) is 88.2 Å². The Morgan fingerprint density at radius 1 is 1.27 bits per heavy atom. The largest absolute Gasteiger partial charge is 0.366 e. The van der Waals surface area contributed by atoms with Gasteiger partial charge in [-0.2, -0.15) is 0 Å². The highest BCUT2D eigenvalue weighted by molar-refractivity contribution is 7.91. The number of halogens is 1. The summed E-state index contributed by atoms with van der Waals surface area (Å²) in [5, 5.41) is 5.81. The molecule has 1 unspecified atom stereocenters. The highest BCUT2D eigenvalue weighted by atomic mass is 32.2. The average Bonchev–Trinajstić information content (AvgIpc) is 2.95. The van der Waals surface area contributed by atoms with Gasteiger partial charge in [-0.3, -0.25) is 4.79 Å². The Bertz CT molecular complexity index is 902. The fourth-order valence-electron chi connectivity index (χ4n) is 2.88. The molecule has 1 aliphatic rings. The Kier molecular flexibility index (Phi) is 5.51. The first kappa shape index (κ1) is 18.3. The molecule has 2 N–H and O–H groups in total. The van der Waals surface area contributed by atoms with Gasteiger partial charge in [-0.05, 0) is 36.6 Å². The van der Waals surface area contributed by atoms with Gasteiger partial charge in [0.2, 0.25) is 0 Å². The third-order valence-electron chi connectivity index (χ3n) is 4.24. The summed E-state index contributed by atoms with van der Waals surface area (Å²) < 4.78 is 36.6. The first-order valence-electron chi connectivity index (χ1n) is 8.37. The van der Waals surface area contributed by atoms with E-state index in [0.29, 0.717) is 36.3 Å². The summed E-state index contributed by atoms with van der Waals surface area (Å²) in [6, 6.07) is 9.43. The molecule has 1 aliphatic heterocycles. The number of benzene rings is 1. The zero-order valence-electron chi connectivity index (χ0n) is 14.1. The molecule has 8 heteroatoms. The molecule has 1 atom stereocenters. The second-order valence-corrected chi connectivity index (χ2v) is 8.50. The maximum atomic E-state index is 13.6. The van der Waals surface area contributed by atoms with Crippen molar-refractivity contribution in [2.45, 2.75) is 18.9 Å². The van der Waals surface area contributed by atoms with Crippen LogP contribution in [0.3, 0.4) is 0 Å². The van der Waals surface area contributed by atoms with Crippen LogP contribution in [0, 0.1) is 5.82 Å². The number of anilines is 1. The second kappa shape index (κ2) is 7.82. The van der Waals surface area contributed by atoms with E-state index >= 15 is 0 Å². The monoisotopic (exact) mass is 377 g/mol. The molecular formula is C18H20FN3O3S. The normalized spacial score (nSPS) is 18.4. The molecular weight excluding hydrogens is 357 g/mol. The van der Waals surface area contributed by atoms with Crippen molar-refractivity contribution in [3.8, 4) is 0 Å². The van der Waals surface area contributed by atoms with E-state index in [-0.39, 0.29) is 29.3 Å². The number of hydrogen-bond acceptors (Lipinski definition) is 5. The highest BCUT2D eigenvalue weighted by Crippen LogP contribution is 2.17. The summed E-state index contributed by atoms with van der Waals surface area (Å²) in [6.07, 6.45) is 2.43. The van der Waals surface area contributed by atoms with Crippen LogP contribution in [0.4, 0.5) is 10.2 Å². The van der Waals surface area contributed by atoms with Crippen molar-refractivity contribution in [1.29, 1.82) is 0 Å². The minimum Gasteiger partial charge on any atom is -0.366 e. The first-order valence-corrected chi connectivity index (χ1v) is 10.2. The van der Waals surface area contributed by atoms with E-state index < -0.39 is 9.84 Å². The van der Waals surface area contributed by atoms with Gasteiger partial charge in [0.15, 0.2) is 9.84 Å². The smallest absolute Gasteiger partial charge is 0.251 e. The van der Waals surface area contributed by atoms with Crippen LogP contribution in [0.1, 0.15) is 22.3 Å². The number of hydrogen-bond donors (Lipinski definition) is 2. The number of carbonyl (C=O) groups excluding carboxylic acids is 1. The van der Waals surface area contributed by atoms with Gasteiger partial charge in [0.25, 0.3) is 5.91 Å². The van der Waals surface area contributed by atoms with Gasteiger partial charge in [0.05, 0.1) is 11.5 Å². The van der Waals surface area contributed by atoms with E-state index in [4.69, 9.17) is 0 Å². The summed E-state index contributed by atoms with van der Waals surface area (Å²) in [5.74, 6) is 0.137. The van der Waals surface area contributed by atoms with Crippen molar-refractivity contribution >= 4 is 21.6 Å². The van der Waals surface area contributed by atoms with Crippen LogP contribution in [0.15, 0.2) is 42.6 Å². The molecule has 0 bridgehead atoms. The van der Waals surface area contributed by atoms with Gasteiger partial charge < -0.3 is 10.6 Å². The van der Waals surface area contributed by atoms with Crippen LogP contribution in [0.2, 0.25) is 0 Å². The van der Waals surface area contributed by atoms with E-state index in [1.165, 1.54) is 12.3 Å². The lowest BCUT2D eigenvalue weighted by molar-refractivity contribution is 0.0954. The number of nitrogens with zero attached hydrogens (tertiary/aromatic N) is 1. The second-order valence-electron chi connectivity index (χ2n) is 6.27. The van der Waals surface area contributed by atoms with Gasteiger partial charge in [-0.25, -0.2) is 17.8 Å². The van der Waals surface area contributed by atoms with E-state index in [0.717, 1.165) is 0 Å². The maximum absolute atomic E-state index is 13.6. The number of carbonyl (C=O) groups is 1. The molecule has 1 saturated heterocycles. The summed E-state index contributed by atoms with van der Waals surface area (Å²) in [4.78, 5) is 16.4. The number of rotatable bonds is 6. The molecule has 1 amide bonds. The minimum absolute atomic E-state index is 0.0771. The lowest BCUT2D eigenvalue weighted by Crippen LogP contribution is -2.26. The quantitative estimate of drug-likeness (QED) is 0.801. The summed E-state index contributed by atoms with van der Waals surface area (Å²) in [5.41, 5.74) is 0.962. The maximum Gasteiger partial charge on any atom is 0.251 e. The van der Waals surface area contributed by atoms with E-state index in [9.17, 15) is 17.6 Å². The third-order valence-corrected chi connectivity index (χ3v) is 6.01. The van der Waals surface area contributed by atoms with Crippen LogP contribution < -0.4 is 10.6 Å². The van der Waals surface area contributed by atoms with Crippen LogP contribution in [0.5, 0.6) is 0 Å². The molecule has 1 aromatic heterocycles. The average molecular weight is 377 g/mol. The van der Waals surface area contributed by atoms with Crippen molar-refractivity contribution < 1.29 is 17.6 Å². The van der Waals surface area contributed by atoms with Crippen molar-refractivity contribution in [3.05, 3.63) is 59.5 Å². The van der Waals surface area contributed by atoms with Crippen molar-refractivity contribution in [1.82, 2.24) is 10.3 Å². The molecule has 1 fully saturated rings. The molecule has 3 rings (SSSR count). The zero-order valence-corrected chi connectivity index (χ0v) is 14.9. The van der Waals surface area contributed by atoms with Crippen LogP contribution >= 0.6 is 0 Å². The Morgan fingerprint density at radius 3 is 2.81 bits per heavy atom. The van der Waals surface area contributed by atoms with E-state index in [1.54, 1.807) is 30.3 Å². The molecule has 138 valence electrons. The highest BCUT2D eigenvalue weighted by Gasteiger charge is 2.28. The van der Waals surface area contributed by atoms with Gasteiger partial charge in [-0.1, -0.05) is 18.2 Å². The predicted molar refractivity (Wildman–Crippen MR) is 97.4 cm³/mol. The lowest BCUT2D eigenvalue weighted by atomic mass is 10.1. The number of nitrogens with one attached hydrogen (secondary N) is 2. The van der Waals surface area contributed by atoms with Crippen LogP contribution in [0.25, 0.3) is 0 Å². The molecule has 0 spiro atoms. The Hall–Kier alpha value is -2.48. The van der Waals surface area contributed by atoms with E-state index in [1.807, 2.05) is 0 Å². The number of aromatic nitrogens is 1. The minimum atomic E-state index is -2.98. The SMILES string of the molecule is O=C(NCCc1ccccc1F)c1ccnc(NC2CCS(=O)(=O)C2)c1. The molecule has 26 heavy (non-hydrogen) atoms. The van der Waals surface area contributed by atoms with Crippen molar-refractivity contribution in [3.63, 3.8) is 0 Å². The zero-order chi connectivity index (χ0) is 18.6. The summed E-state index contributed by atoms with van der Waals surface area (Å²) in [7, 11) is -2.98. The standard InChI is InChI=1S/C18H20FN3O3S/c19-16-4-2-1-3-13(16)5-9-21-18(23)14-6-8-20-17(11-14)22-15-7-10-26(24,25)12-15/h1-4,6,8,11,15H,5,7,9-10,12H2,(H,20,22)(H,21,23). The molecule has 2 heterocycles. The summed E-state index contributed by atoms with van der Waals surface area (Å²) in [6.45, 7) is 0.311. The molecule has 1 aromatic carbocycles. The van der Waals surface area contributed by atoms with Gasteiger partial charge in [0.1, 0.15) is 11.6 Å². The first-order chi connectivity index (χ1) is 12.4. The molecule has 2 aromatic rings. The Labute approximate surface area is 151 Å². The van der Waals surface area contributed by atoms with Gasteiger partial charge in [0, 0.05) is 24.3 Å². The number of amides is 1. The van der Waals surface area contributed by atoms with Crippen molar-refractivity contribution in [2.75, 3.05) is 23.4 Å². The molecule has 0 radical (unpaired) electrons.